The summed E-state index contributed by atoms with van der Waals surface area (Å²) in [5.41, 5.74) is 6.12. The predicted molar refractivity (Wildman–Crippen MR) is 59.5 cm³/mol. The van der Waals surface area contributed by atoms with Crippen LogP contribution in [0.1, 0.15) is 24.4 Å². The third-order valence-corrected chi connectivity index (χ3v) is 2.82. The van der Waals surface area contributed by atoms with Gasteiger partial charge < -0.3 is 5.73 Å². The number of hydrogen-bond donors (Lipinski definition) is 2. The lowest BCUT2D eigenvalue weighted by molar-refractivity contribution is -0.120. The molecule has 1 aromatic carbocycles. The fourth-order valence-corrected chi connectivity index (χ4v) is 1.76. The molecule has 1 unspecified atom stereocenters. The SMILES string of the molecule is NC(=O)C(NC1CC1)c1ccccc1Cl. The van der Waals surface area contributed by atoms with Gasteiger partial charge in [0.1, 0.15) is 6.04 Å². The molecule has 1 aromatic rings. The summed E-state index contributed by atoms with van der Waals surface area (Å²) in [6.07, 6.45) is 2.21. The Kier molecular flexibility index (Phi) is 2.93. The van der Waals surface area contributed by atoms with E-state index in [-0.39, 0.29) is 5.91 Å². The quantitative estimate of drug-likeness (QED) is 0.817. The van der Waals surface area contributed by atoms with E-state index in [2.05, 4.69) is 5.32 Å². The Labute approximate surface area is 93.6 Å². The topological polar surface area (TPSA) is 55.1 Å². The second-order valence-corrected chi connectivity index (χ2v) is 4.21. The van der Waals surface area contributed by atoms with E-state index >= 15 is 0 Å². The maximum absolute atomic E-state index is 11.3. The van der Waals surface area contributed by atoms with Crippen LogP contribution in [0.25, 0.3) is 0 Å². The van der Waals surface area contributed by atoms with Crippen LogP contribution in [-0.2, 0) is 4.79 Å². The number of nitrogens with two attached hydrogens (primary N) is 1. The van der Waals surface area contributed by atoms with E-state index in [0.717, 1.165) is 18.4 Å². The standard InChI is InChI=1S/C11H13ClN2O/c12-9-4-2-1-3-8(9)10(11(13)15)14-7-5-6-7/h1-4,7,10,14H,5-6H2,(H2,13,15). The van der Waals surface area contributed by atoms with E-state index < -0.39 is 6.04 Å². The van der Waals surface area contributed by atoms with Crippen molar-refractivity contribution in [1.82, 2.24) is 5.32 Å². The van der Waals surface area contributed by atoms with Gasteiger partial charge in [0.15, 0.2) is 0 Å². The summed E-state index contributed by atoms with van der Waals surface area (Å²) in [7, 11) is 0. The highest BCUT2D eigenvalue weighted by Crippen LogP contribution is 2.27. The first-order valence-electron chi connectivity index (χ1n) is 4.98. The summed E-state index contributed by atoms with van der Waals surface area (Å²) >= 11 is 6.02. The number of primary amides is 1. The van der Waals surface area contributed by atoms with E-state index in [4.69, 9.17) is 17.3 Å². The van der Waals surface area contributed by atoms with E-state index in [1.165, 1.54) is 0 Å². The molecule has 1 amide bonds. The molecule has 1 fully saturated rings. The molecule has 3 N–H and O–H groups in total. The van der Waals surface area contributed by atoms with Crippen LogP contribution in [-0.4, -0.2) is 11.9 Å². The zero-order valence-corrected chi connectivity index (χ0v) is 9.00. The molecule has 1 aliphatic carbocycles. The lowest BCUT2D eigenvalue weighted by atomic mass is 10.1. The Hall–Kier alpha value is -1.06. The molecular formula is C11H13ClN2O. The Morgan fingerprint density at radius 1 is 1.47 bits per heavy atom. The van der Waals surface area contributed by atoms with Crippen molar-refractivity contribution in [2.75, 3.05) is 0 Å². The largest absolute Gasteiger partial charge is 0.368 e. The molecule has 3 nitrogen and oxygen atoms in total. The maximum Gasteiger partial charge on any atom is 0.239 e. The van der Waals surface area contributed by atoms with Gasteiger partial charge in [0, 0.05) is 11.1 Å². The molecule has 0 aromatic heterocycles. The van der Waals surface area contributed by atoms with Gasteiger partial charge in [-0.2, -0.15) is 0 Å². The molecule has 4 heteroatoms. The van der Waals surface area contributed by atoms with Gasteiger partial charge in [-0.1, -0.05) is 29.8 Å². The lowest BCUT2D eigenvalue weighted by Gasteiger charge is -2.16. The normalized spacial score (nSPS) is 17.4. The Morgan fingerprint density at radius 2 is 2.13 bits per heavy atom. The highest BCUT2D eigenvalue weighted by atomic mass is 35.5. The van der Waals surface area contributed by atoms with Crippen LogP contribution in [0.15, 0.2) is 24.3 Å². The van der Waals surface area contributed by atoms with Crippen LogP contribution >= 0.6 is 11.6 Å². The number of carbonyl (C=O) groups excluding carboxylic acids is 1. The van der Waals surface area contributed by atoms with Gasteiger partial charge in [-0.3, -0.25) is 10.1 Å². The molecule has 1 saturated carbocycles. The van der Waals surface area contributed by atoms with Gasteiger partial charge >= 0.3 is 0 Å². The van der Waals surface area contributed by atoms with E-state index in [1.807, 2.05) is 18.2 Å². The Balaban J connectivity index is 2.22. The molecule has 0 aliphatic heterocycles. The highest BCUT2D eigenvalue weighted by Gasteiger charge is 2.29. The predicted octanol–water partition coefficient (Wildman–Crippen LogP) is 1.62. The monoisotopic (exact) mass is 224 g/mol. The molecule has 15 heavy (non-hydrogen) atoms. The van der Waals surface area contributed by atoms with Crippen LogP contribution < -0.4 is 11.1 Å². The molecule has 0 saturated heterocycles. The van der Waals surface area contributed by atoms with E-state index in [1.54, 1.807) is 6.07 Å². The van der Waals surface area contributed by atoms with Crippen molar-refractivity contribution in [3.63, 3.8) is 0 Å². The highest BCUT2D eigenvalue weighted by molar-refractivity contribution is 6.31. The number of hydrogen-bond acceptors (Lipinski definition) is 2. The molecule has 0 radical (unpaired) electrons. The Bertz CT molecular complexity index is 377. The van der Waals surface area contributed by atoms with Gasteiger partial charge in [0.25, 0.3) is 0 Å². The number of halogens is 1. The lowest BCUT2D eigenvalue weighted by Crippen LogP contribution is -2.35. The average Bonchev–Trinajstić information content (AvgIpc) is 2.99. The van der Waals surface area contributed by atoms with Crippen molar-refractivity contribution in [3.05, 3.63) is 34.9 Å². The molecule has 0 spiro atoms. The molecular weight excluding hydrogens is 212 g/mol. The second kappa shape index (κ2) is 4.21. The van der Waals surface area contributed by atoms with Crippen LogP contribution in [0.4, 0.5) is 0 Å². The number of carbonyl (C=O) groups is 1. The van der Waals surface area contributed by atoms with Crippen molar-refractivity contribution < 1.29 is 4.79 Å². The fraction of sp³-hybridized carbons (Fsp3) is 0.364. The molecule has 2 rings (SSSR count). The van der Waals surface area contributed by atoms with E-state index in [0.29, 0.717) is 11.1 Å². The van der Waals surface area contributed by atoms with E-state index in [9.17, 15) is 4.79 Å². The van der Waals surface area contributed by atoms with Gasteiger partial charge in [-0.25, -0.2) is 0 Å². The number of benzene rings is 1. The van der Waals surface area contributed by atoms with Crippen LogP contribution in [0.3, 0.4) is 0 Å². The van der Waals surface area contributed by atoms with Crippen molar-refractivity contribution in [2.24, 2.45) is 5.73 Å². The third kappa shape index (κ3) is 2.49. The molecule has 0 bridgehead atoms. The molecule has 1 aliphatic rings. The minimum absolute atomic E-state index is 0.380. The summed E-state index contributed by atoms with van der Waals surface area (Å²) < 4.78 is 0. The first-order chi connectivity index (χ1) is 7.18. The van der Waals surface area contributed by atoms with Gasteiger partial charge in [-0.15, -0.1) is 0 Å². The second-order valence-electron chi connectivity index (χ2n) is 3.80. The molecule has 1 atom stereocenters. The minimum atomic E-state index is -0.466. The first-order valence-corrected chi connectivity index (χ1v) is 5.36. The maximum atomic E-state index is 11.3. The van der Waals surface area contributed by atoms with Crippen LogP contribution in [0.5, 0.6) is 0 Å². The number of nitrogens with one attached hydrogen (secondary N) is 1. The summed E-state index contributed by atoms with van der Waals surface area (Å²) in [6, 6.07) is 7.23. The smallest absolute Gasteiger partial charge is 0.239 e. The summed E-state index contributed by atoms with van der Waals surface area (Å²) in [6.45, 7) is 0. The Morgan fingerprint density at radius 3 is 2.67 bits per heavy atom. The zero-order valence-electron chi connectivity index (χ0n) is 8.24. The minimum Gasteiger partial charge on any atom is -0.368 e. The van der Waals surface area contributed by atoms with Crippen LogP contribution in [0.2, 0.25) is 5.02 Å². The van der Waals surface area contributed by atoms with Gasteiger partial charge in [0.2, 0.25) is 5.91 Å². The summed E-state index contributed by atoms with van der Waals surface area (Å²) in [5, 5.41) is 3.77. The summed E-state index contributed by atoms with van der Waals surface area (Å²) in [4.78, 5) is 11.3. The van der Waals surface area contributed by atoms with Crippen molar-refractivity contribution in [2.45, 2.75) is 24.9 Å². The first kappa shape index (κ1) is 10.5. The number of rotatable bonds is 4. The van der Waals surface area contributed by atoms with Crippen molar-refractivity contribution in [1.29, 1.82) is 0 Å². The van der Waals surface area contributed by atoms with Gasteiger partial charge in [-0.05, 0) is 24.5 Å². The van der Waals surface area contributed by atoms with Crippen molar-refractivity contribution >= 4 is 17.5 Å². The zero-order chi connectivity index (χ0) is 10.8. The summed E-state index contributed by atoms with van der Waals surface area (Å²) in [5.74, 6) is -0.380. The molecule has 80 valence electrons. The fourth-order valence-electron chi connectivity index (χ4n) is 1.52. The number of amides is 1. The van der Waals surface area contributed by atoms with Crippen molar-refractivity contribution in [3.8, 4) is 0 Å². The third-order valence-electron chi connectivity index (χ3n) is 2.48. The molecule has 0 heterocycles. The van der Waals surface area contributed by atoms with Crippen LogP contribution in [0, 0.1) is 0 Å². The van der Waals surface area contributed by atoms with Gasteiger partial charge in [0.05, 0.1) is 0 Å². The average molecular weight is 225 g/mol.